The van der Waals surface area contributed by atoms with E-state index in [1.165, 1.54) is 12.3 Å². The third-order valence-electron chi connectivity index (χ3n) is 2.56. The zero-order chi connectivity index (χ0) is 13.1. The number of thiophene rings is 1. The summed E-state index contributed by atoms with van der Waals surface area (Å²) in [5, 5.41) is 13.0. The number of nitrogen functional groups attached to an aromatic ring is 1. The number of carbonyl (C=O) groups is 1. The fourth-order valence-electron chi connectivity index (χ4n) is 1.68. The van der Waals surface area contributed by atoms with E-state index in [-0.39, 0.29) is 11.3 Å². The number of anilines is 2. The van der Waals surface area contributed by atoms with Crippen molar-refractivity contribution in [3.05, 3.63) is 40.2 Å². The lowest BCUT2D eigenvalue weighted by molar-refractivity contribution is 0.0698. The number of carboxylic acids is 1. The highest BCUT2D eigenvalue weighted by Crippen LogP contribution is 2.24. The molecule has 0 atom stereocenters. The average Bonchev–Trinajstić information content (AvgIpc) is 2.81. The maximum Gasteiger partial charge on any atom is 0.337 e. The molecule has 0 aliphatic heterocycles. The number of nitrogens with two attached hydrogens (primary N) is 1. The number of pyridine rings is 1. The Kier molecular flexibility index (Phi) is 3.47. The molecule has 2 aromatic rings. The van der Waals surface area contributed by atoms with Gasteiger partial charge in [-0.25, -0.2) is 9.78 Å². The minimum atomic E-state index is -1.04. The lowest BCUT2D eigenvalue weighted by Gasteiger charge is -2.19. The fourth-order valence-corrected chi connectivity index (χ4v) is 2.34. The molecule has 0 aliphatic carbocycles. The van der Waals surface area contributed by atoms with Crippen LogP contribution < -0.4 is 10.6 Å². The largest absolute Gasteiger partial charge is 0.478 e. The first-order valence-corrected chi connectivity index (χ1v) is 6.24. The standard InChI is InChI=1S/C12H13N3O2S/c1-15(6-8-3-5-18-7-8)11-10(13)9(12(16)17)2-4-14-11/h2-5,7H,6,13H2,1H3,(H,16,17). The van der Waals surface area contributed by atoms with Gasteiger partial charge in [0.15, 0.2) is 5.82 Å². The van der Waals surface area contributed by atoms with Crippen LogP contribution in [0.3, 0.4) is 0 Å². The van der Waals surface area contributed by atoms with Crippen LogP contribution >= 0.6 is 11.3 Å². The lowest BCUT2D eigenvalue weighted by atomic mass is 10.2. The SMILES string of the molecule is CN(Cc1ccsc1)c1nccc(C(=O)O)c1N. The molecule has 2 aromatic heterocycles. The molecule has 0 aromatic carbocycles. The zero-order valence-corrected chi connectivity index (χ0v) is 10.6. The first-order valence-electron chi connectivity index (χ1n) is 5.29. The van der Waals surface area contributed by atoms with E-state index in [9.17, 15) is 4.79 Å². The second-order valence-electron chi connectivity index (χ2n) is 3.89. The highest BCUT2D eigenvalue weighted by molar-refractivity contribution is 7.07. The van der Waals surface area contributed by atoms with E-state index in [4.69, 9.17) is 10.8 Å². The van der Waals surface area contributed by atoms with Gasteiger partial charge in [0, 0.05) is 19.8 Å². The van der Waals surface area contributed by atoms with E-state index < -0.39 is 5.97 Å². The quantitative estimate of drug-likeness (QED) is 0.882. The summed E-state index contributed by atoms with van der Waals surface area (Å²) >= 11 is 1.62. The minimum Gasteiger partial charge on any atom is -0.478 e. The molecule has 5 nitrogen and oxygen atoms in total. The van der Waals surface area contributed by atoms with Gasteiger partial charge < -0.3 is 15.7 Å². The Bertz CT molecular complexity index is 554. The number of hydrogen-bond acceptors (Lipinski definition) is 5. The molecule has 0 bridgehead atoms. The van der Waals surface area contributed by atoms with Gasteiger partial charge in [0.2, 0.25) is 0 Å². The minimum absolute atomic E-state index is 0.0807. The highest BCUT2D eigenvalue weighted by Gasteiger charge is 2.15. The van der Waals surface area contributed by atoms with Crippen LogP contribution in [0.2, 0.25) is 0 Å². The molecule has 2 rings (SSSR count). The van der Waals surface area contributed by atoms with Gasteiger partial charge in [0.1, 0.15) is 0 Å². The molecule has 0 fully saturated rings. The summed E-state index contributed by atoms with van der Waals surface area (Å²) in [5.74, 6) is -0.554. The van der Waals surface area contributed by atoms with Crippen molar-refractivity contribution in [1.29, 1.82) is 0 Å². The molecular weight excluding hydrogens is 250 g/mol. The molecule has 18 heavy (non-hydrogen) atoms. The van der Waals surface area contributed by atoms with Crippen molar-refractivity contribution < 1.29 is 9.90 Å². The number of hydrogen-bond donors (Lipinski definition) is 2. The maximum atomic E-state index is 11.0. The maximum absolute atomic E-state index is 11.0. The molecule has 0 saturated carbocycles. The molecule has 0 aliphatic rings. The van der Waals surface area contributed by atoms with E-state index in [1.807, 2.05) is 28.8 Å². The van der Waals surface area contributed by atoms with Crippen LogP contribution in [0.4, 0.5) is 11.5 Å². The Hall–Kier alpha value is -2.08. The van der Waals surface area contributed by atoms with Crippen molar-refractivity contribution >= 4 is 28.8 Å². The van der Waals surface area contributed by atoms with Crippen LogP contribution in [-0.4, -0.2) is 23.1 Å². The molecule has 0 unspecified atom stereocenters. The third-order valence-corrected chi connectivity index (χ3v) is 3.29. The second-order valence-corrected chi connectivity index (χ2v) is 4.67. The number of nitrogens with zero attached hydrogens (tertiary/aromatic N) is 2. The normalized spacial score (nSPS) is 10.3. The summed E-state index contributed by atoms with van der Waals surface area (Å²) in [6, 6.07) is 3.41. The Morgan fingerprint density at radius 3 is 2.94 bits per heavy atom. The third kappa shape index (κ3) is 2.43. The van der Waals surface area contributed by atoms with Crippen molar-refractivity contribution in [3.8, 4) is 0 Å². The Morgan fingerprint density at radius 2 is 2.33 bits per heavy atom. The van der Waals surface area contributed by atoms with E-state index in [1.54, 1.807) is 11.3 Å². The van der Waals surface area contributed by atoms with E-state index in [0.717, 1.165) is 5.56 Å². The fraction of sp³-hybridized carbons (Fsp3) is 0.167. The van der Waals surface area contributed by atoms with E-state index >= 15 is 0 Å². The topological polar surface area (TPSA) is 79.5 Å². The van der Waals surface area contributed by atoms with Gasteiger partial charge in [-0.15, -0.1) is 0 Å². The van der Waals surface area contributed by atoms with Crippen LogP contribution in [-0.2, 0) is 6.54 Å². The Morgan fingerprint density at radius 1 is 1.56 bits per heavy atom. The van der Waals surface area contributed by atoms with Crippen molar-refractivity contribution in [2.24, 2.45) is 0 Å². The van der Waals surface area contributed by atoms with Crippen molar-refractivity contribution in [3.63, 3.8) is 0 Å². The second kappa shape index (κ2) is 5.05. The molecule has 6 heteroatoms. The summed E-state index contributed by atoms with van der Waals surface area (Å²) in [4.78, 5) is 17.0. The lowest BCUT2D eigenvalue weighted by Crippen LogP contribution is -2.20. The summed E-state index contributed by atoms with van der Waals surface area (Å²) < 4.78 is 0. The highest BCUT2D eigenvalue weighted by atomic mass is 32.1. The number of aromatic nitrogens is 1. The molecule has 3 N–H and O–H groups in total. The zero-order valence-electron chi connectivity index (χ0n) is 9.83. The predicted octanol–water partition coefficient (Wildman–Crippen LogP) is 2.06. The summed E-state index contributed by atoms with van der Waals surface area (Å²) in [5.41, 5.74) is 7.25. The monoisotopic (exact) mass is 263 g/mol. The van der Waals surface area contributed by atoms with Crippen LogP contribution in [0.15, 0.2) is 29.1 Å². The molecule has 0 spiro atoms. The van der Waals surface area contributed by atoms with Crippen LogP contribution in [0, 0.1) is 0 Å². The first kappa shape index (κ1) is 12.4. The van der Waals surface area contributed by atoms with Gasteiger partial charge in [0.25, 0.3) is 0 Å². The van der Waals surface area contributed by atoms with Gasteiger partial charge in [-0.3, -0.25) is 0 Å². The van der Waals surface area contributed by atoms with Crippen molar-refractivity contribution in [2.75, 3.05) is 17.7 Å². The van der Waals surface area contributed by atoms with Crippen molar-refractivity contribution in [1.82, 2.24) is 4.98 Å². The van der Waals surface area contributed by atoms with Gasteiger partial charge in [0.05, 0.1) is 11.3 Å². The molecule has 2 heterocycles. The average molecular weight is 263 g/mol. The molecule has 0 radical (unpaired) electrons. The van der Waals surface area contributed by atoms with Gasteiger partial charge in [-0.1, -0.05) is 0 Å². The van der Waals surface area contributed by atoms with E-state index in [2.05, 4.69) is 4.98 Å². The molecular formula is C12H13N3O2S. The van der Waals surface area contributed by atoms with Crippen LogP contribution in [0.5, 0.6) is 0 Å². The molecule has 94 valence electrons. The van der Waals surface area contributed by atoms with Crippen LogP contribution in [0.25, 0.3) is 0 Å². The summed E-state index contributed by atoms with van der Waals surface area (Å²) in [6.45, 7) is 0.643. The first-order chi connectivity index (χ1) is 8.59. The van der Waals surface area contributed by atoms with Gasteiger partial charge in [-0.2, -0.15) is 11.3 Å². The summed E-state index contributed by atoms with van der Waals surface area (Å²) in [6.07, 6.45) is 1.46. The van der Waals surface area contributed by atoms with E-state index in [0.29, 0.717) is 12.4 Å². The Balaban J connectivity index is 2.27. The van der Waals surface area contributed by atoms with Gasteiger partial charge in [-0.05, 0) is 28.5 Å². The number of rotatable bonds is 4. The summed E-state index contributed by atoms with van der Waals surface area (Å²) in [7, 11) is 1.84. The predicted molar refractivity (Wildman–Crippen MR) is 72.0 cm³/mol. The number of carboxylic acid groups (broad SMARTS) is 1. The van der Waals surface area contributed by atoms with Gasteiger partial charge >= 0.3 is 5.97 Å². The van der Waals surface area contributed by atoms with Crippen LogP contribution in [0.1, 0.15) is 15.9 Å². The molecule has 0 amide bonds. The number of aromatic carboxylic acids is 1. The molecule has 0 saturated heterocycles. The Labute approximate surface area is 108 Å². The smallest absolute Gasteiger partial charge is 0.337 e. The van der Waals surface area contributed by atoms with Crippen molar-refractivity contribution in [2.45, 2.75) is 6.54 Å².